The summed E-state index contributed by atoms with van der Waals surface area (Å²) in [7, 11) is 0. The van der Waals surface area contributed by atoms with Gasteiger partial charge in [-0.25, -0.2) is 4.39 Å². The summed E-state index contributed by atoms with van der Waals surface area (Å²) in [6.45, 7) is 3.22. The predicted molar refractivity (Wildman–Crippen MR) is 24.9 cm³/mol. The van der Waals surface area contributed by atoms with Crippen LogP contribution in [-0.2, 0) is 0 Å². The first-order valence-electron chi connectivity index (χ1n) is 2.29. The largest absolute Gasteiger partial charge is 0.343 e. The van der Waals surface area contributed by atoms with Crippen LogP contribution >= 0.6 is 0 Å². The summed E-state index contributed by atoms with van der Waals surface area (Å²) >= 11 is 0. The first-order valence-corrected chi connectivity index (χ1v) is 2.29. The van der Waals surface area contributed by atoms with Crippen molar-refractivity contribution in [3.8, 4) is 0 Å². The molecule has 0 N–H and O–H groups in total. The molecule has 3 heteroatoms. The summed E-state index contributed by atoms with van der Waals surface area (Å²) in [6.07, 6.45) is -4.18. The zero-order chi connectivity index (χ0) is 6.57. The van der Waals surface area contributed by atoms with Gasteiger partial charge in [0.25, 0.3) is 0 Å². The van der Waals surface area contributed by atoms with Gasteiger partial charge in [0.15, 0.2) is 6.17 Å². The van der Waals surface area contributed by atoms with Crippen molar-refractivity contribution < 1.29 is 13.2 Å². The Morgan fingerprint density at radius 1 is 1.50 bits per heavy atom. The van der Waals surface area contributed by atoms with Gasteiger partial charge >= 0.3 is 6.43 Å². The summed E-state index contributed by atoms with van der Waals surface area (Å²) in [4.78, 5) is 0. The smallest absolute Gasteiger partial charge is 0.241 e. The zero-order valence-corrected chi connectivity index (χ0v) is 4.33. The highest BCUT2D eigenvalue weighted by molar-refractivity contribution is 4.73. The minimum atomic E-state index is -2.14. The Labute approximate surface area is 46.7 Å². The van der Waals surface area contributed by atoms with Gasteiger partial charge in [-0.2, -0.15) is 8.78 Å². The van der Waals surface area contributed by atoms with Crippen LogP contribution in [0.25, 0.3) is 0 Å². The molecule has 48 valence electrons. The Morgan fingerprint density at radius 2 is 2.00 bits per heavy atom. The van der Waals surface area contributed by atoms with Gasteiger partial charge in [0.1, 0.15) is 0 Å². The van der Waals surface area contributed by atoms with Crippen LogP contribution in [0.4, 0.5) is 13.2 Å². The molecular weight excluding hydrogens is 117 g/mol. The molecule has 0 spiro atoms. The average Bonchev–Trinajstić information content (AvgIpc) is 1.67. The molecule has 0 aromatic heterocycles. The first kappa shape index (κ1) is 7.79. The van der Waals surface area contributed by atoms with Crippen LogP contribution in [0.3, 0.4) is 0 Å². The third-order valence-corrected chi connectivity index (χ3v) is 0.694. The van der Waals surface area contributed by atoms with Crippen LogP contribution < -0.4 is 0 Å². The molecule has 0 aliphatic rings. The van der Waals surface area contributed by atoms with E-state index in [0.717, 1.165) is 0 Å². The molecule has 8 heavy (non-hydrogen) atoms. The minimum Gasteiger partial charge on any atom is -0.241 e. The zero-order valence-electron chi connectivity index (χ0n) is 4.33. The van der Waals surface area contributed by atoms with Crippen LogP contribution in [0.15, 0.2) is 0 Å². The van der Waals surface area contributed by atoms with E-state index in [-0.39, 0.29) is 12.8 Å². The van der Waals surface area contributed by atoms with Crippen molar-refractivity contribution in [1.29, 1.82) is 0 Å². The van der Waals surface area contributed by atoms with Crippen molar-refractivity contribution in [3.63, 3.8) is 0 Å². The number of hydrogen-bond donors (Lipinski definition) is 0. The number of alkyl halides is 1. The standard InChI is InChI=1S/C5H7F3/c1-2-3-4(6)5(7)8/h4H,1-3H2. The Morgan fingerprint density at radius 3 is 2.12 bits per heavy atom. The number of rotatable bonds is 3. The quantitative estimate of drug-likeness (QED) is 0.541. The van der Waals surface area contributed by atoms with Gasteiger partial charge in [0.05, 0.1) is 0 Å². The van der Waals surface area contributed by atoms with Gasteiger partial charge in [-0.3, -0.25) is 0 Å². The molecule has 0 rings (SSSR count). The summed E-state index contributed by atoms with van der Waals surface area (Å²) in [5.74, 6) is 0. The second-order valence-corrected chi connectivity index (χ2v) is 1.40. The lowest BCUT2D eigenvalue weighted by molar-refractivity contribution is 0.152. The average molecular weight is 124 g/mol. The fourth-order valence-corrected chi connectivity index (χ4v) is 0.288. The van der Waals surface area contributed by atoms with Crippen molar-refractivity contribution in [3.05, 3.63) is 13.3 Å². The maximum atomic E-state index is 11.7. The van der Waals surface area contributed by atoms with Crippen molar-refractivity contribution in [1.82, 2.24) is 0 Å². The SMILES string of the molecule is [CH2]CCC(F)[C](F)F. The highest BCUT2D eigenvalue weighted by Gasteiger charge is 2.19. The Hall–Kier alpha value is -0.210. The lowest BCUT2D eigenvalue weighted by Crippen LogP contribution is -2.02. The molecule has 0 amide bonds. The van der Waals surface area contributed by atoms with E-state index >= 15 is 0 Å². The molecule has 2 radical (unpaired) electrons. The fraction of sp³-hybridized carbons (Fsp3) is 0.600. The molecule has 0 heterocycles. The van der Waals surface area contributed by atoms with E-state index in [1.54, 1.807) is 0 Å². The molecule has 0 saturated carbocycles. The second kappa shape index (κ2) is 3.75. The van der Waals surface area contributed by atoms with Crippen LogP contribution in [0, 0.1) is 13.3 Å². The summed E-state index contributed by atoms with van der Waals surface area (Å²) in [6, 6.07) is 0. The summed E-state index contributed by atoms with van der Waals surface area (Å²) < 4.78 is 34.0. The van der Waals surface area contributed by atoms with Gasteiger partial charge in [-0.1, -0.05) is 13.3 Å². The molecule has 0 bridgehead atoms. The highest BCUT2D eigenvalue weighted by Crippen LogP contribution is 2.17. The van der Waals surface area contributed by atoms with Crippen LogP contribution in [0.5, 0.6) is 0 Å². The molecule has 0 aromatic carbocycles. The van der Waals surface area contributed by atoms with E-state index < -0.39 is 12.6 Å². The van der Waals surface area contributed by atoms with Gasteiger partial charge in [0.2, 0.25) is 0 Å². The molecule has 0 saturated heterocycles. The Kier molecular flexibility index (Phi) is 3.65. The maximum Gasteiger partial charge on any atom is 0.343 e. The van der Waals surface area contributed by atoms with Crippen LogP contribution in [-0.4, -0.2) is 6.17 Å². The molecule has 1 unspecified atom stereocenters. The van der Waals surface area contributed by atoms with Gasteiger partial charge in [-0.05, 0) is 6.42 Å². The Bertz CT molecular complexity index is 53.6. The monoisotopic (exact) mass is 124 g/mol. The Balaban J connectivity index is 3.17. The van der Waals surface area contributed by atoms with Crippen LogP contribution in [0.1, 0.15) is 12.8 Å². The minimum absolute atomic E-state index is 0.178. The highest BCUT2D eigenvalue weighted by atomic mass is 19.3. The fourth-order valence-electron chi connectivity index (χ4n) is 0.288. The second-order valence-electron chi connectivity index (χ2n) is 1.40. The third kappa shape index (κ3) is 2.88. The predicted octanol–water partition coefficient (Wildman–Crippen LogP) is 2.37. The molecular formula is C5H7F3. The number of hydrogen-bond acceptors (Lipinski definition) is 0. The van der Waals surface area contributed by atoms with E-state index in [1.807, 2.05) is 0 Å². The number of halogens is 3. The summed E-state index contributed by atoms with van der Waals surface area (Å²) in [5, 5.41) is 0. The first-order chi connectivity index (χ1) is 3.68. The van der Waals surface area contributed by atoms with Gasteiger partial charge in [0, 0.05) is 0 Å². The molecule has 0 aliphatic heterocycles. The molecule has 1 atom stereocenters. The van der Waals surface area contributed by atoms with Gasteiger partial charge in [-0.15, -0.1) is 0 Å². The lowest BCUT2D eigenvalue weighted by Gasteiger charge is -1.99. The van der Waals surface area contributed by atoms with E-state index in [4.69, 9.17) is 0 Å². The normalized spacial score (nSPS) is 14.6. The van der Waals surface area contributed by atoms with Crippen LogP contribution in [0.2, 0.25) is 0 Å². The molecule has 0 aliphatic carbocycles. The molecule has 0 fully saturated rings. The van der Waals surface area contributed by atoms with E-state index in [9.17, 15) is 13.2 Å². The third-order valence-electron chi connectivity index (χ3n) is 0.694. The maximum absolute atomic E-state index is 11.7. The lowest BCUT2D eigenvalue weighted by atomic mass is 10.2. The molecule has 0 aromatic rings. The topological polar surface area (TPSA) is 0 Å². The van der Waals surface area contributed by atoms with Crippen molar-refractivity contribution >= 4 is 0 Å². The van der Waals surface area contributed by atoms with Crippen molar-refractivity contribution in [2.75, 3.05) is 0 Å². The summed E-state index contributed by atoms with van der Waals surface area (Å²) in [5.41, 5.74) is 0. The molecule has 0 nitrogen and oxygen atoms in total. The van der Waals surface area contributed by atoms with E-state index in [0.29, 0.717) is 0 Å². The van der Waals surface area contributed by atoms with E-state index in [1.165, 1.54) is 0 Å². The van der Waals surface area contributed by atoms with Crippen molar-refractivity contribution in [2.45, 2.75) is 19.0 Å². The van der Waals surface area contributed by atoms with Gasteiger partial charge < -0.3 is 0 Å². The van der Waals surface area contributed by atoms with Crippen molar-refractivity contribution in [2.24, 2.45) is 0 Å². The van der Waals surface area contributed by atoms with E-state index in [2.05, 4.69) is 6.92 Å².